The van der Waals surface area contributed by atoms with Crippen LogP contribution in [0.1, 0.15) is 36.5 Å². The summed E-state index contributed by atoms with van der Waals surface area (Å²) in [7, 11) is 1.68. The van der Waals surface area contributed by atoms with E-state index in [1.54, 1.807) is 7.11 Å². The molecule has 4 rings (SSSR count). The second-order valence-corrected chi connectivity index (χ2v) is 8.16. The van der Waals surface area contributed by atoms with Crippen molar-refractivity contribution < 1.29 is 9.84 Å². The zero-order valence-corrected chi connectivity index (χ0v) is 14.7. The van der Waals surface area contributed by atoms with E-state index >= 15 is 0 Å². The van der Waals surface area contributed by atoms with Crippen molar-refractivity contribution in [3.8, 4) is 5.75 Å². The van der Waals surface area contributed by atoms with Crippen LogP contribution in [0.2, 0.25) is 0 Å². The molecule has 2 aromatic rings. The number of fused-ring (bicyclic) bond motifs is 1. The lowest BCUT2D eigenvalue weighted by molar-refractivity contribution is 0.204. The molecule has 1 N–H and O–H groups in total. The molecule has 0 amide bonds. The maximum Gasteiger partial charge on any atom is 0.119 e. The summed E-state index contributed by atoms with van der Waals surface area (Å²) in [6, 6.07) is 16.6. The minimum absolute atomic E-state index is 0.182. The van der Waals surface area contributed by atoms with Crippen LogP contribution in [0.3, 0.4) is 0 Å². The Hall–Kier alpha value is -1.71. The fourth-order valence-corrected chi connectivity index (χ4v) is 4.70. The quantitative estimate of drug-likeness (QED) is 0.802. The van der Waals surface area contributed by atoms with E-state index in [-0.39, 0.29) is 4.75 Å². The summed E-state index contributed by atoms with van der Waals surface area (Å²) >= 11 is 1.93. The van der Waals surface area contributed by atoms with Gasteiger partial charge in [-0.1, -0.05) is 30.3 Å². The number of ether oxygens (including phenoxy) is 1. The van der Waals surface area contributed by atoms with Crippen molar-refractivity contribution >= 4 is 11.8 Å². The largest absolute Gasteiger partial charge is 0.497 e. The van der Waals surface area contributed by atoms with E-state index in [2.05, 4.69) is 42.5 Å². The Morgan fingerprint density at radius 2 is 1.92 bits per heavy atom. The van der Waals surface area contributed by atoms with E-state index in [0.717, 1.165) is 24.2 Å². The molecule has 0 saturated heterocycles. The summed E-state index contributed by atoms with van der Waals surface area (Å²) in [6.07, 6.45) is 6.16. The number of aliphatic hydroxyl groups excluding tert-OH is 1. The highest BCUT2D eigenvalue weighted by molar-refractivity contribution is 8.01. The van der Waals surface area contributed by atoms with Gasteiger partial charge in [-0.05, 0) is 66.6 Å². The van der Waals surface area contributed by atoms with Crippen molar-refractivity contribution in [2.24, 2.45) is 0 Å². The molecule has 0 aromatic heterocycles. The molecule has 3 heteroatoms. The van der Waals surface area contributed by atoms with Gasteiger partial charge in [-0.25, -0.2) is 0 Å². The average Bonchev–Trinajstić information content (AvgIpc) is 3.37. The average molecular weight is 338 g/mol. The Labute approximate surface area is 147 Å². The lowest BCUT2D eigenvalue weighted by atomic mass is 9.85. The summed E-state index contributed by atoms with van der Waals surface area (Å²) in [5.74, 6) is 0.867. The molecule has 2 aliphatic rings. The third-order valence-corrected chi connectivity index (χ3v) is 6.38. The third-order valence-electron chi connectivity index (χ3n) is 4.93. The minimum atomic E-state index is -0.478. The van der Waals surface area contributed by atoms with Gasteiger partial charge in [0.05, 0.1) is 7.11 Å². The molecule has 2 aromatic carbocycles. The number of thioether (sulfide) groups is 1. The van der Waals surface area contributed by atoms with Gasteiger partial charge in [0.2, 0.25) is 0 Å². The van der Waals surface area contributed by atoms with E-state index in [1.165, 1.54) is 28.9 Å². The molecule has 0 spiro atoms. The summed E-state index contributed by atoms with van der Waals surface area (Å²) < 4.78 is 5.48. The van der Waals surface area contributed by atoms with Gasteiger partial charge in [-0.3, -0.25) is 0 Å². The Morgan fingerprint density at radius 1 is 1.12 bits per heavy atom. The second-order valence-electron chi connectivity index (χ2n) is 6.67. The van der Waals surface area contributed by atoms with Gasteiger partial charge in [-0.2, -0.15) is 0 Å². The fraction of sp³-hybridized carbons (Fsp3) is 0.333. The van der Waals surface area contributed by atoms with Crippen molar-refractivity contribution in [1.82, 2.24) is 0 Å². The number of rotatable bonds is 4. The Morgan fingerprint density at radius 3 is 2.62 bits per heavy atom. The SMILES string of the molecule is COc1ccc2c(c1)CC/C(=C\C1(Sc3ccccc3)CC1)C2O. The van der Waals surface area contributed by atoms with Crippen molar-refractivity contribution in [2.75, 3.05) is 7.11 Å². The van der Waals surface area contributed by atoms with Crippen molar-refractivity contribution in [2.45, 2.75) is 41.4 Å². The van der Waals surface area contributed by atoms with Crippen LogP contribution in [0.15, 0.2) is 65.1 Å². The highest BCUT2D eigenvalue weighted by atomic mass is 32.2. The standard InChI is InChI=1S/C21H22O2S/c1-23-17-9-10-19-15(13-17)7-8-16(20(19)22)14-21(11-12-21)24-18-5-3-2-4-6-18/h2-6,9-10,13-14,20,22H,7-8,11-12H2,1H3/b16-14+. The van der Waals surface area contributed by atoms with Crippen LogP contribution in [0, 0.1) is 0 Å². The third kappa shape index (κ3) is 3.11. The van der Waals surface area contributed by atoms with Crippen LogP contribution in [-0.4, -0.2) is 17.0 Å². The van der Waals surface area contributed by atoms with E-state index in [0.29, 0.717) is 0 Å². The van der Waals surface area contributed by atoms with Gasteiger partial charge in [0.25, 0.3) is 0 Å². The number of aryl methyl sites for hydroxylation is 1. The van der Waals surface area contributed by atoms with Gasteiger partial charge in [0, 0.05) is 9.64 Å². The van der Waals surface area contributed by atoms with Gasteiger partial charge in [0.15, 0.2) is 0 Å². The van der Waals surface area contributed by atoms with E-state index < -0.39 is 6.10 Å². The van der Waals surface area contributed by atoms with Gasteiger partial charge in [0.1, 0.15) is 11.9 Å². The van der Waals surface area contributed by atoms with Crippen molar-refractivity contribution in [3.05, 3.63) is 71.3 Å². The first-order chi connectivity index (χ1) is 11.7. The monoisotopic (exact) mass is 338 g/mol. The van der Waals surface area contributed by atoms with Crippen molar-refractivity contribution in [1.29, 1.82) is 0 Å². The summed E-state index contributed by atoms with van der Waals surface area (Å²) in [5, 5.41) is 10.8. The highest BCUT2D eigenvalue weighted by Crippen LogP contribution is 2.54. The molecule has 0 aliphatic heterocycles. The summed E-state index contributed by atoms with van der Waals surface area (Å²) in [6.45, 7) is 0. The van der Waals surface area contributed by atoms with Crippen LogP contribution in [0.5, 0.6) is 5.75 Å². The summed E-state index contributed by atoms with van der Waals surface area (Å²) in [4.78, 5) is 1.31. The van der Waals surface area contributed by atoms with E-state index in [9.17, 15) is 5.11 Å². The molecule has 1 fully saturated rings. The molecule has 0 bridgehead atoms. The molecule has 0 radical (unpaired) electrons. The molecule has 2 aliphatic carbocycles. The number of benzene rings is 2. The molecule has 24 heavy (non-hydrogen) atoms. The first-order valence-electron chi connectivity index (χ1n) is 8.50. The predicted octanol–water partition coefficient (Wildman–Crippen LogP) is 4.93. The van der Waals surface area contributed by atoms with E-state index in [4.69, 9.17) is 4.74 Å². The van der Waals surface area contributed by atoms with Crippen LogP contribution in [-0.2, 0) is 6.42 Å². The normalized spacial score (nSPS) is 22.9. The second kappa shape index (κ2) is 6.30. The maximum absolute atomic E-state index is 10.8. The molecule has 124 valence electrons. The summed E-state index contributed by atoms with van der Waals surface area (Å²) in [5.41, 5.74) is 3.42. The van der Waals surface area contributed by atoms with Crippen LogP contribution < -0.4 is 4.74 Å². The zero-order valence-electron chi connectivity index (χ0n) is 13.9. The number of hydrogen-bond acceptors (Lipinski definition) is 3. The topological polar surface area (TPSA) is 29.5 Å². The van der Waals surface area contributed by atoms with Gasteiger partial charge < -0.3 is 9.84 Å². The lowest BCUT2D eigenvalue weighted by Crippen LogP contribution is -2.14. The molecule has 1 saturated carbocycles. The molecule has 1 atom stereocenters. The molecule has 2 nitrogen and oxygen atoms in total. The zero-order chi connectivity index (χ0) is 16.6. The minimum Gasteiger partial charge on any atom is -0.497 e. The number of methoxy groups -OCH3 is 1. The number of aliphatic hydroxyl groups is 1. The Balaban J connectivity index is 1.57. The molecule has 1 unspecified atom stereocenters. The van der Waals surface area contributed by atoms with Crippen LogP contribution in [0.4, 0.5) is 0 Å². The smallest absolute Gasteiger partial charge is 0.119 e. The highest BCUT2D eigenvalue weighted by Gasteiger charge is 2.42. The lowest BCUT2D eigenvalue weighted by Gasteiger charge is -2.26. The van der Waals surface area contributed by atoms with Crippen molar-refractivity contribution in [3.63, 3.8) is 0 Å². The van der Waals surface area contributed by atoms with Crippen LogP contribution >= 0.6 is 11.8 Å². The van der Waals surface area contributed by atoms with Gasteiger partial charge in [-0.15, -0.1) is 11.8 Å². The van der Waals surface area contributed by atoms with Gasteiger partial charge >= 0.3 is 0 Å². The maximum atomic E-state index is 10.8. The van der Waals surface area contributed by atoms with Crippen LogP contribution in [0.25, 0.3) is 0 Å². The Bertz CT molecular complexity index is 763. The first-order valence-corrected chi connectivity index (χ1v) is 9.31. The predicted molar refractivity (Wildman–Crippen MR) is 98.6 cm³/mol. The molecular weight excluding hydrogens is 316 g/mol. The molecule has 0 heterocycles. The fourth-order valence-electron chi connectivity index (χ4n) is 3.42. The first kappa shape index (κ1) is 15.8. The van der Waals surface area contributed by atoms with E-state index in [1.807, 2.05) is 23.9 Å². The Kier molecular flexibility index (Phi) is 4.15. The molecular formula is C21H22O2S. The number of hydrogen-bond donors (Lipinski definition) is 1.